The van der Waals surface area contributed by atoms with Crippen LogP contribution in [0.2, 0.25) is 0 Å². The number of nitrogens with one attached hydrogen (secondary N) is 1. The Morgan fingerprint density at radius 1 is 1.19 bits per heavy atom. The number of imidazole rings is 1. The van der Waals surface area contributed by atoms with Crippen LogP contribution in [-0.4, -0.2) is 64.1 Å². The molecule has 27 heavy (non-hydrogen) atoms. The van der Waals surface area contributed by atoms with Crippen LogP contribution in [0.5, 0.6) is 0 Å². The van der Waals surface area contributed by atoms with Crippen molar-refractivity contribution in [2.75, 3.05) is 43.1 Å². The van der Waals surface area contributed by atoms with Crippen LogP contribution in [0.4, 0.5) is 5.95 Å². The molecule has 0 bridgehead atoms. The van der Waals surface area contributed by atoms with Gasteiger partial charge in [0.05, 0.1) is 35.8 Å². The molecular weight excluding hydrogens is 364 g/mol. The fraction of sp³-hybridized carbons (Fsp3) is 0.526. The minimum atomic E-state index is -0.224. The summed E-state index contributed by atoms with van der Waals surface area (Å²) in [6.45, 7) is 8.65. The Labute approximate surface area is 163 Å². The van der Waals surface area contributed by atoms with Crippen LogP contribution in [0.1, 0.15) is 20.8 Å². The first kappa shape index (κ1) is 19.7. The molecule has 0 atom stereocenters. The Hall–Kier alpha value is -2.06. The van der Waals surface area contributed by atoms with Crippen molar-refractivity contribution in [3.8, 4) is 0 Å². The van der Waals surface area contributed by atoms with Crippen molar-refractivity contribution in [1.82, 2.24) is 14.5 Å². The van der Waals surface area contributed by atoms with E-state index in [0.29, 0.717) is 38.0 Å². The van der Waals surface area contributed by atoms with Gasteiger partial charge in [0.1, 0.15) is 0 Å². The molecule has 0 aliphatic carbocycles. The Morgan fingerprint density at radius 3 is 2.59 bits per heavy atom. The molecule has 1 N–H and O–H groups in total. The monoisotopic (exact) mass is 390 g/mol. The number of morpholine rings is 1. The number of carbonyl (C=O) groups is 2. The van der Waals surface area contributed by atoms with E-state index in [1.54, 1.807) is 4.90 Å². The average Bonchev–Trinajstić information content (AvgIpc) is 3.00. The third-order valence-corrected chi connectivity index (χ3v) is 5.22. The van der Waals surface area contributed by atoms with E-state index in [4.69, 9.17) is 4.74 Å². The summed E-state index contributed by atoms with van der Waals surface area (Å²) >= 11 is 1.32. The molecule has 8 heteroatoms. The highest BCUT2D eigenvalue weighted by Crippen LogP contribution is 2.28. The van der Waals surface area contributed by atoms with Gasteiger partial charge in [0.15, 0.2) is 0 Å². The highest BCUT2D eigenvalue weighted by Gasteiger charge is 2.23. The molecule has 1 saturated heterocycles. The zero-order valence-corrected chi connectivity index (χ0v) is 16.8. The second kappa shape index (κ2) is 8.31. The summed E-state index contributed by atoms with van der Waals surface area (Å²) in [6.07, 6.45) is 0. The first-order valence-corrected chi connectivity index (χ1v) is 10.2. The zero-order valence-electron chi connectivity index (χ0n) is 16.0. The number of rotatable bonds is 5. The number of carbonyl (C=O) groups excluding carboxylic acids is 2. The van der Waals surface area contributed by atoms with Crippen molar-refractivity contribution in [2.24, 2.45) is 0 Å². The average molecular weight is 391 g/mol. The van der Waals surface area contributed by atoms with E-state index in [1.165, 1.54) is 11.8 Å². The molecule has 2 amide bonds. The maximum Gasteiger partial charge on any atom is 0.236 e. The summed E-state index contributed by atoms with van der Waals surface area (Å²) in [5, 5.41) is 2.91. The highest BCUT2D eigenvalue weighted by atomic mass is 32.2. The number of amides is 2. The number of anilines is 1. The number of nitrogens with zero attached hydrogens (tertiary/aromatic N) is 3. The fourth-order valence-electron chi connectivity index (χ4n) is 3.08. The van der Waals surface area contributed by atoms with Gasteiger partial charge in [-0.15, -0.1) is 11.8 Å². The SMILES string of the molecule is CC(C)(C)n1c(NC(=O)CSCC(=O)N2CCOCC2)nc2ccccc21. The normalized spacial score (nSPS) is 15.1. The molecule has 2 heterocycles. The minimum absolute atomic E-state index is 0.0537. The molecule has 1 aromatic carbocycles. The van der Waals surface area contributed by atoms with E-state index < -0.39 is 0 Å². The Morgan fingerprint density at radius 2 is 1.89 bits per heavy atom. The predicted octanol–water partition coefficient (Wildman–Crippen LogP) is 2.32. The van der Waals surface area contributed by atoms with Crippen molar-refractivity contribution < 1.29 is 14.3 Å². The molecule has 7 nitrogen and oxygen atoms in total. The molecule has 1 aromatic heterocycles. The molecule has 146 valence electrons. The third kappa shape index (κ3) is 4.81. The number of ether oxygens (including phenoxy) is 1. The maximum absolute atomic E-state index is 12.4. The number of hydrogen-bond donors (Lipinski definition) is 1. The van der Waals surface area contributed by atoms with E-state index >= 15 is 0 Å². The molecule has 0 unspecified atom stereocenters. The molecule has 1 aliphatic rings. The van der Waals surface area contributed by atoms with Gasteiger partial charge in [0.25, 0.3) is 0 Å². The first-order valence-electron chi connectivity index (χ1n) is 9.07. The first-order chi connectivity index (χ1) is 12.9. The maximum atomic E-state index is 12.4. The molecule has 0 saturated carbocycles. The van der Waals surface area contributed by atoms with E-state index in [-0.39, 0.29) is 23.1 Å². The van der Waals surface area contributed by atoms with Crippen molar-refractivity contribution >= 4 is 40.6 Å². The molecule has 1 fully saturated rings. The van der Waals surface area contributed by atoms with Gasteiger partial charge in [-0.3, -0.25) is 14.9 Å². The van der Waals surface area contributed by atoms with Crippen molar-refractivity contribution in [3.63, 3.8) is 0 Å². The number of para-hydroxylation sites is 2. The Bertz CT molecular complexity index is 822. The smallest absolute Gasteiger partial charge is 0.236 e. The Balaban J connectivity index is 1.60. The zero-order chi connectivity index (χ0) is 19.4. The van der Waals surface area contributed by atoms with Crippen LogP contribution in [-0.2, 0) is 19.9 Å². The number of thioether (sulfide) groups is 1. The summed E-state index contributed by atoms with van der Waals surface area (Å²) in [4.78, 5) is 30.9. The second-order valence-electron chi connectivity index (χ2n) is 7.46. The minimum Gasteiger partial charge on any atom is -0.378 e. The van der Waals surface area contributed by atoms with E-state index in [2.05, 4.69) is 31.1 Å². The largest absolute Gasteiger partial charge is 0.378 e. The van der Waals surface area contributed by atoms with Crippen molar-refractivity contribution in [2.45, 2.75) is 26.3 Å². The van der Waals surface area contributed by atoms with Gasteiger partial charge in [-0.1, -0.05) is 12.1 Å². The summed E-state index contributed by atoms with van der Waals surface area (Å²) in [6, 6.07) is 7.83. The number of benzene rings is 1. The lowest BCUT2D eigenvalue weighted by Crippen LogP contribution is -2.41. The van der Waals surface area contributed by atoms with Gasteiger partial charge in [0, 0.05) is 18.6 Å². The number of fused-ring (bicyclic) bond motifs is 1. The van der Waals surface area contributed by atoms with Crippen LogP contribution >= 0.6 is 11.8 Å². The quantitative estimate of drug-likeness (QED) is 0.848. The standard InChI is InChI=1S/C19H26N4O3S/c1-19(2,3)23-15-7-5-4-6-14(15)20-18(23)21-16(24)12-27-13-17(25)22-8-10-26-11-9-22/h4-7H,8-13H2,1-3H3,(H,20,21,24). The predicted molar refractivity (Wildman–Crippen MR) is 108 cm³/mol. The van der Waals surface area contributed by atoms with Crippen LogP contribution in [0, 0.1) is 0 Å². The molecular formula is C19H26N4O3S. The molecule has 0 radical (unpaired) electrons. The summed E-state index contributed by atoms with van der Waals surface area (Å²) in [7, 11) is 0. The molecule has 0 spiro atoms. The van der Waals surface area contributed by atoms with Gasteiger partial charge >= 0.3 is 0 Å². The van der Waals surface area contributed by atoms with Crippen LogP contribution in [0.3, 0.4) is 0 Å². The lowest BCUT2D eigenvalue weighted by atomic mass is 10.1. The van der Waals surface area contributed by atoms with Gasteiger partial charge in [-0.25, -0.2) is 4.98 Å². The number of aromatic nitrogens is 2. The van der Waals surface area contributed by atoms with Gasteiger partial charge in [0.2, 0.25) is 17.8 Å². The van der Waals surface area contributed by atoms with Gasteiger partial charge in [-0.2, -0.15) is 0 Å². The third-order valence-electron chi connectivity index (χ3n) is 4.31. The summed E-state index contributed by atoms with van der Waals surface area (Å²) in [5.74, 6) is 0.939. The number of hydrogen-bond acceptors (Lipinski definition) is 5. The summed E-state index contributed by atoms with van der Waals surface area (Å²) < 4.78 is 7.28. The van der Waals surface area contributed by atoms with Crippen LogP contribution in [0.25, 0.3) is 11.0 Å². The van der Waals surface area contributed by atoms with E-state index in [1.807, 2.05) is 28.8 Å². The second-order valence-corrected chi connectivity index (χ2v) is 8.45. The van der Waals surface area contributed by atoms with Gasteiger partial charge < -0.3 is 14.2 Å². The molecule has 2 aromatic rings. The fourth-order valence-corrected chi connectivity index (χ4v) is 3.80. The summed E-state index contributed by atoms with van der Waals surface area (Å²) in [5.41, 5.74) is 1.60. The van der Waals surface area contributed by atoms with Crippen molar-refractivity contribution in [1.29, 1.82) is 0 Å². The van der Waals surface area contributed by atoms with Gasteiger partial charge in [-0.05, 0) is 32.9 Å². The lowest BCUT2D eigenvalue weighted by Gasteiger charge is -2.26. The van der Waals surface area contributed by atoms with Crippen LogP contribution in [0.15, 0.2) is 24.3 Å². The highest BCUT2D eigenvalue weighted by molar-refractivity contribution is 8.00. The Kier molecular flexibility index (Phi) is 6.06. The van der Waals surface area contributed by atoms with Crippen LogP contribution < -0.4 is 5.32 Å². The van der Waals surface area contributed by atoms with E-state index in [0.717, 1.165) is 11.0 Å². The van der Waals surface area contributed by atoms with E-state index in [9.17, 15) is 9.59 Å². The molecule has 1 aliphatic heterocycles. The molecule has 3 rings (SSSR count). The lowest BCUT2D eigenvalue weighted by molar-refractivity contribution is -0.132. The van der Waals surface area contributed by atoms with Crippen molar-refractivity contribution in [3.05, 3.63) is 24.3 Å². The topological polar surface area (TPSA) is 76.5 Å².